The molecule has 0 aliphatic heterocycles. The van der Waals surface area contributed by atoms with E-state index in [1.807, 2.05) is 30.5 Å². The van der Waals surface area contributed by atoms with Crippen molar-refractivity contribution in [2.75, 3.05) is 0 Å². The molecule has 0 saturated heterocycles. The first kappa shape index (κ1) is 12.6. The zero-order valence-electron chi connectivity index (χ0n) is 10.9. The van der Waals surface area contributed by atoms with Gasteiger partial charge in [0.25, 0.3) is 0 Å². The first-order chi connectivity index (χ1) is 8.74. The Labute approximate surface area is 107 Å². The van der Waals surface area contributed by atoms with Crippen LogP contribution in [0.15, 0.2) is 30.5 Å². The highest BCUT2D eigenvalue weighted by Crippen LogP contribution is 2.14. The summed E-state index contributed by atoms with van der Waals surface area (Å²) < 4.78 is 7.81. The molecule has 0 aliphatic rings. The third-order valence-corrected chi connectivity index (χ3v) is 2.94. The van der Waals surface area contributed by atoms with Crippen LogP contribution in [0.1, 0.15) is 24.0 Å². The third kappa shape index (κ3) is 2.71. The molecular formula is C14H19N3O. The molecule has 4 heteroatoms. The number of imidazole rings is 1. The van der Waals surface area contributed by atoms with Gasteiger partial charge < -0.3 is 15.0 Å². The van der Waals surface area contributed by atoms with Crippen molar-refractivity contribution in [3.05, 3.63) is 47.5 Å². The molecule has 0 amide bonds. The average molecular weight is 245 g/mol. The van der Waals surface area contributed by atoms with Gasteiger partial charge in [0.1, 0.15) is 18.2 Å². The molecule has 18 heavy (non-hydrogen) atoms. The number of hydrogen-bond acceptors (Lipinski definition) is 3. The lowest BCUT2D eigenvalue weighted by Gasteiger charge is -2.09. The van der Waals surface area contributed by atoms with Crippen LogP contribution in [0.3, 0.4) is 0 Å². The maximum Gasteiger partial charge on any atom is 0.147 e. The van der Waals surface area contributed by atoms with Gasteiger partial charge >= 0.3 is 0 Å². The van der Waals surface area contributed by atoms with Gasteiger partial charge in [-0.1, -0.05) is 17.7 Å². The lowest BCUT2D eigenvalue weighted by Crippen LogP contribution is -2.11. The van der Waals surface area contributed by atoms with Gasteiger partial charge in [-0.15, -0.1) is 0 Å². The van der Waals surface area contributed by atoms with Gasteiger partial charge in [-0.05, 0) is 26.0 Å². The molecule has 1 aromatic heterocycles. The lowest BCUT2D eigenvalue weighted by atomic mass is 10.2. The maximum atomic E-state index is 5.72. The van der Waals surface area contributed by atoms with Crippen LogP contribution in [-0.2, 0) is 19.7 Å². The van der Waals surface area contributed by atoms with Crippen LogP contribution in [0.4, 0.5) is 0 Å². The quantitative estimate of drug-likeness (QED) is 0.879. The number of ether oxygens (including phenoxy) is 1. The highest BCUT2D eigenvalue weighted by atomic mass is 16.5. The Balaban J connectivity index is 2.06. The number of nitrogens with two attached hydrogens (primary N) is 1. The zero-order valence-corrected chi connectivity index (χ0v) is 10.9. The summed E-state index contributed by atoms with van der Waals surface area (Å²) in [6.45, 7) is 5.97. The molecule has 0 fully saturated rings. The molecule has 2 aromatic rings. The van der Waals surface area contributed by atoms with E-state index in [1.165, 1.54) is 5.56 Å². The fourth-order valence-corrected chi connectivity index (χ4v) is 1.90. The van der Waals surface area contributed by atoms with Gasteiger partial charge in [0.2, 0.25) is 0 Å². The van der Waals surface area contributed by atoms with Crippen molar-refractivity contribution in [2.24, 2.45) is 5.73 Å². The van der Waals surface area contributed by atoms with Crippen LogP contribution >= 0.6 is 0 Å². The Kier molecular flexibility index (Phi) is 3.99. The summed E-state index contributed by atoms with van der Waals surface area (Å²) in [7, 11) is 0. The third-order valence-electron chi connectivity index (χ3n) is 2.94. The maximum absolute atomic E-state index is 5.72. The number of nitrogens with zero attached hydrogens (tertiary/aromatic N) is 2. The summed E-state index contributed by atoms with van der Waals surface area (Å²) in [5.74, 6) is 1.78. The molecule has 0 aliphatic carbocycles. The number of rotatable bonds is 5. The van der Waals surface area contributed by atoms with E-state index in [0.717, 1.165) is 23.8 Å². The average Bonchev–Trinajstić information content (AvgIpc) is 2.80. The topological polar surface area (TPSA) is 53.1 Å². The molecule has 1 heterocycles. The second-order valence-electron chi connectivity index (χ2n) is 4.22. The lowest BCUT2D eigenvalue weighted by molar-refractivity contribution is 0.289. The zero-order chi connectivity index (χ0) is 13.0. The Morgan fingerprint density at radius 2 is 2.00 bits per heavy atom. The summed E-state index contributed by atoms with van der Waals surface area (Å²) >= 11 is 0. The highest BCUT2D eigenvalue weighted by Gasteiger charge is 2.07. The highest BCUT2D eigenvalue weighted by molar-refractivity contribution is 5.26. The van der Waals surface area contributed by atoms with Crippen LogP contribution in [0.25, 0.3) is 0 Å². The van der Waals surface area contributed by atoms with Crippen molar-refractivity contribution in [1.29, 1.82) is 0 Å². The molecule has 96 valence electrons. The summed E-state index contributed by atoms with van der Waals surface area (Å²) in [6.07, 6.45) is 1.82. The van der Waals surface area contributed by atoms with Crippen LogP contribution in [-0.4, -0.2) is 9.55 Å². The Morgan fingerprint density at radius 1 is 1.28 bits per heavy atom. The predicted octanol–water partition coefficient (Wildman–Crippen LogP) is 2.25. The molecular weight excluding hydrogens is 226 g/mol. The summed E-state index contributed by atoms with van der Waals surface area (Å²) in [6, 6.07) is 8.01. The minimum absolute atomic E-state index is 0.469. The first-order valence-electron chi connectivity index (χ1n) is 6.17. The molecule has 2 N–H and O–H groups in total. The number of benzene rings is 1. The number of hydrogen-bond donors (Lipinski definition) is 1. The summed E-state index contributed by atoms with van der Waals surface area (Å²) in [5.41, 5.74) is 7.93. The monoisotopic (exact) mass is 245 g/mol. The molecule has 0 bridgehead atoms. The van der Waals surface area contributed by atoms with E-state index in [-0.39, 0.29) is 0 Å². The van der Waals surface area contributed by atoms with Crippen molar-refractivity contribution < 1.29 is 4.74 Å². The van der Waals surface area contributed by atoms with E-state index >= 15 is 0 Å². The van der Waals surface area contributed by atoms with Crippen molar-refractivity contribution in [1.82, 2.24) is 9.55 Å². The standard InChI is InChI=1S/C14H19N3O/c1-3-17-12(8-15)9-16-14(17)10-18-13-6-4-11(2)5-7-13/h4-7,9H,3,8,10,15H2,1-2H3. The van der Waals surface area contributed by atoms with E-state index < -0.39 is 0 Å². The van der Waals surface area contributed by atoms with Crippen LogP contribution in [0.2, 0.25) is 0 Å². The van der Waals surface area contributed by atoms with E-state index in [9.17, 15) is 0 Å². The van der Waals surface area contributed by atoms with Crippen molar-refractivity contribution in [3.63, 3.8) is 0 Å². The first-order valence-corrected chi connectivity index (χ1v) is 6.17. The number of aryl methyl sites for hydroxylation is 1. The van der Waals surface area contributed by atoms with E-state index in [1.54, 1.807) is 0 Å². The van der Waals surface area contributed by atoms with Gasteiger partial charge in [0, 0.05) is 19.3 Å². The molecule has 1 aromatic carbocycles. The fraction of sp³-hybridized carbons (Fsp3) is 0.357. The second kappa shape index (κ2) is 5.69. The van der Waals surface area contributed by atoms with Crippen LogP contribution in [0.5, 0.6) is 5.75 Å². The Hall–Kier alpha value is -1.81. The smallest absolute Gasteiger partial charge is 0.147 e. The van der Waals surface area contributed by atoms with E-state index in [4.69, 9.17) is 10.5 Å². The molecule has 0 spiro atoms. The minimum atomic E-state index is 0.469. The largest absolute Gasteiger partial charge is 0.486 e. The molecule has 4 nitrogen and oxygen atoms in total. The fourth-order valence-electron chi connectivity index (χ4n) is 1.90. The van der Waals surface area contributed by atoms with Gasteiger partial charge in [0.05, 0.1) is 5.69 Å². The van der Waals surface area contributed by atoms with Crippen LogP contribution in [0, 0.1) is 6.92 Å². The van der Waals surface area contributed by atoms with Crippen LogP contribution < -0.4 is 10.5 Å². The summed E-state index contributed by atoms with van der Waals surface area (Å²) in [4.78, 5) is 4.35. The van der Waals surface area contributed by atoms with E-state index in [2.05, 4.69) is 23.4 Å². The van der Waals surface area contributed by atoms with Crippen molar-refractivity contribution in [3.8, 4) is 5.75 Å². The van der Waals surface area contributed by atoms with Gasteiger partial charge in [-0.3, -0.25) is 0 Å². The summed E-state index contributed by atoms with van der Waals surface area (Å²) in [5, 5.41) is 0. The number of aromatic nitrogens is 2. The SMILES string of the molecule is CCn1c(CN)cnc1COc1ccc(C)cc1. The van der Waals surface area contributed by atoms with Gasteiger partial charge in [0.15, 0.2) is 0 Å². The Bertz CT molecular complexity index is 502. The molecule has 0 radical (unpaired) electrons. The van der Waals surface area contributed by atoms with Gasteiger partial charge in [-0.2, -0.15) is 0 Å². The van der Waals surface area contributed by atoms with Crippen molar-refractivity contribution in [2.45, 2.75) is 33.5 Å². The minimum Gasteiger partial charge on any atom is -0.486 e. The molecule has 0 unspecified atom stereocenters. The van der Waals surface area contributed by atoms with Gasteiger partial charge in [-0.25, -0.2) is 4.98 Å². The van der Waals surface area contributed by atoms with E-state index in [0.29, 0.717) is 13.2 Å². The second-order valence-corrected chi connectivity index (χ2v) is 4.22. The van der Waals surface area contributed by atoms with Crippen molar-refractivity contribution >= 4 is 0 Å². The molecule has 0 saturated carbocycles. The molecule has 0 atom stereocenters. The normalized spacial score (nSPS) is 10.6. The molecule has 2 rings (SSSR count). The Morgan fingerprint density at radius 3 is 2.61 bits per heavy atom. The predicted molar refractivity (Wildman–Crippen MR) is 71.3 cm³/mol.